The molecule has 3 aliphatic heterocycles. The maximum atomic E-state index is 12.8. The third-order valence-corrected chi connectivity index (χ3v) is 6.72. The molecule has 4 atom stereocenters. The second-order valence-corrected chi connectivity index (χ2v) is 7.86. The van der Waals surface area contributed by atoms with Crippen LogP contribution >= 0.6 is 0 Å². The highest BCUT2D eigenvalue weighted by molar-refractivity contribution is 5.80. The van der Waals surface area contributed by atoms with Gasteiger partial charge in [-0.25, -0.2) is 0 Å². The van der Waals surface area contributed by atoms with Gasteiger partial charge in [-0.05, 0) is 39.0 Å². The van der Waals surface area contributed by atoms with Crippen molar-refractivity contribution in [2.24, 2.45) is 5.92 Å². The van der Waals surface area contributed by atoms with Gasteiger partial charge in [0.05, 0.1) is 31.3 Å². The van der Waals surface area contributed by atoms with Crippen LogP contribution in [0.25, 0.3) is 0 Å². The molecule has 0 aromatic rings. The third-order valence-electron chi connectivity index (χ3n) is 6.72. The zero-order valence-corrected chi connectivity index (χ0v) is 14.3. The molecule has 4 unspecified atom stereocenters. The van der Waals surface area contributed by atoms with Gasteiger partial charge in [-0.2, -0.15) is 0 Å². The van der Waals surface area contributed by atoms with E-state index in [1.54, 1.807) is 0 Å². The highest BCUT2D eigenvalue weighted by Gasteiger charge is 2.48. The average molecular weight is 322 g/mol. The summed E-state index contributed by atoms with van der Waals surface area (Å²) in [6.45, 7) is 5.85. The van der Waals surface area contributed by atoms with Crippen molar-refractivity contribution in [2.45, 2.75) is 75.7 Å². The molecule has 1 N–H and O–H groups in total. The number of ether oxygens (including phenoxy) is 2. The van der Waals surface area contributed by atoms with Crippen molar-refractivity contribution < 1.29 is 14.3 Å². The van der Waals surface area contributed by atoms with Gasteiger partial charge in [0.15, 0.2) is 0 Å². The normalized spacial score (nSPS) is 37.9. The van der Waals surface area contributed by atoms with E-state index in [-0.39, 0.29) is 29.5 Å². The summed E-state index contributed by atoms with van der Waals surface area (Å²) in [6, 6.07) is 0.203. The van der Waals surface area contributed by atoms with Gasteiger partial charge in [-0.1, -0.05) is 12.8 Å². The lowest BCUT2D eigenvalue weighted by atomic mass is 9.84. The monoisotopic (exact) mass is 322 g/mol. The summed E-state index contributed by atoms with van der Waals surface area (Å²) >= 11 is 0. The Balaban J connectivity index is 1.43. The number of morpholine rings is 1. The molecule has 4 rings (SSSR count). The number of nitrogens with one attached hydrogen (secondary N) is 1. The Morgan fingerprint density at radius 3 is 2.57 bits per heavy atom. The fourth-order valence-electron chi connectivity index (χ4n) is 5.39. The predicted octanol–water partition coefficient (Wildman–Crippen LogP) is 1.70. The van der Waals surface area contributed by atoms with E-state index in [1.807, 2.05) is 0 Å². The molecule has 3 heterocycles. The van der Waals surface area contributed by atoms with Gasteiger partial charge in [-0.15, -0.1) is 0 Å². The van der Waals surface area contributed by atoms with E-state index in [9.17, 15) is 4.79 Å². The summed E-state index contributed by atoms with van der Waals surface area (Å²) in [5.74, 6) is 0.309. The van der Waals surface area contributed by atoms with Crippen LogP contribution < -0.4 is 5.32 Å². The van der Waals surface area contributed by atoms with E-state index in [0.717, 1.165) is 45.6 Å². The molecule has 0 aromatic carbocycles. The summed E-state index contributed by atoms with van der Waals surface area (Å²) in [5.41, 5.74) is 0.137. The smallest absolute Gasteiger partial charge is 0.226 e. The Hall–Kier alpha value is -0.650. The number of hydrogen-bond acceptors (Lipinski definition) is 4. The lowest BCUT2D eigenvalue weighted by molar-refractivity contribution is -0.129. The molecule has 3 saturated heterocycles. The number of rotatable bonds is 4. The average Bonchev–Trinajstić information content (AvgIpc) is 3.32. The summed E-state index contributed by atoms with van der Waals surface area (Å²) < 4.78 is 11.4. The third kappa shape index (κ3) is 2.81. The van der Waals surface area contributed by atoms with Crippen LogP contribution in [0.1, 0.15) is 51.9 Å². The Labute approximate surface area is 139 Å². The summed E-state index contributed by atoms with van der Waals surface area (Å²) in [7, 11) is 0. The highest BCUT2D eigenvalue weighted by atomic mass is 16.5. The Morgan fingerprint density at radius 2 is 1.96 bits per heavy atom. The predicted molar refractivity (Wildman–Crippen MR) is 87.2 cm³/mol. The maximum Gasteiger partial charge on any atom is 0.226 e. The first kappa shape index (κ1) is 15.9. The van der Waals surface area contributed by atoms with Crippen LogP contribution in [0, 0.1) is 5.92 Å². The first-order valence-corrected chi connectivity index (χ1v) is 9.48. The SMILES string of the molecule is CC(NC(=O)C1CC2CCC1O2)C1(N2CCOCC2)CCCC1. The first-order valence-electron chi connectivity index (χ1n) is 9.48. The molecule has 1 amide bonds. The molecular weight excluding hydrogens is 292 g/mol. The van der Waals surface area contributed by atoms with Crippen LogP contribution in [0.5, 0.6) is 0 Å². The second-order valence-electron chi connectivity index (χ2n) is 7.86. The Bertz CT molecular complexity index is 444. The highest BCUT2D eigenvalue weighted by Crippen LogP contribution is 2.41. The molecule has 1 aliphatic carbocycles. The molecule has 0 radical (unpaired) electrons. The van der Waals surface area contributed by atoms with Crippen molar-refractivity contribution in [2.75, 3.05) is 26.3 Å². The van der Waals surface area contributed by atoms with Gasteiger partial charge in [-0.3, -0.25) is 9.69 Å². The number of amides is 1. The molecule has 4 aliphatic rings. The van der Waals surface area contributed by atoms with E-state index < -0.39 is 0 Å². The Kier molecular flexibility index (Phi) is 4.37. The van der Waals surface area contributed by atoms with Crippen LogP contribution in [0.3, 0.4) is 0 Å². The van der Waals surface area contributed by atoms with Gasteiger partial charge in [0.1, 0.15) is 0 Å². The summed E-state index contributed by atoms with van der Waals surface area (Å²) in [6.07, 6.45) is 8.58. The molecule has 23 heavy (non-hydrogen) atoms. The van der Waals surface area contributed by atoms with Crippen LogP contribution in [0.15, 0.2) is 0 Å². The van der Waals surface area contributed by atoms with Gasteiger partial charge in [0, 0.05) is 24.7 Å². The second kappa shape index (κ2) is 6.34. The molecule has 2 bridgehead atoms. The van der Waals surface area contributed by atoms with Crippen molar-refractivity contribution in [3.05, 3.63) is 0 Å². The lowest BCUT2D eigenvalue weighted by Gasteiger charge is -2.47. The van der Waals surface area contributed by atoms with Crippen molar-refractivity contribution in [3.8, 4) is 0 Å². The van der Waals surface area contributed by atoms with Crippen LogP contribution in [-0.4, -0.2) is 60.9 Å². The molecule has 5 nitrogen and oxygen atoms in total. The molecule has 1 saturated carbocycles. The summed E-state index contributed by atoms with van der Waals surface area (Å²) in [5, 5.41) is 3.39. The number of hydrogen-bond donors (Lipinski definition) is 1. The summed E-state index contributed by atoms with van der Waals surface area (Å²) in [4.78, 5) is 15.4. The number of fused-ring (bicyclic) bond motifs is 2. The molecule has 0 spiro atoms. The number of carbonyl (C=O) groups is 1. The standard InChI is InChI=1S/C18H30N2O3/c1-13(19-17(21)15-12-14-4-5-16(15)23-14)18(6-2-3-7-18)20-8-10-22-11-9-20/h13-16H,2-12H2,1H3,(H,19,21). The van der Waals surface area contributed by atoms with Gasteiger partial charge < -0.3 is 14.8 Å². The fraction of sp³-hybridized carbons (Fsp3) is 0.944. The van der Waals surface area contributed by atoms with Crippen molar-refractivity contribution in [3.63, 3.8) is 0 Å². The van der Waals surface area contributed by atoms with E-state index in [0.29, 0.717) is 6.10 Å². The molecular formula is C18H30N2O3. The van der Waals surface area contributed by atoms with Crippen molar-refractivity contribution in [1.29, 1.82) is 0 Å². The quantitative estimate of drug-likeness (QED) is 0.856. The van der Waals surface area contributed by atoms with E-state index in [4.69, 9.17) is 9.47 Å². The lowest BCUT2D eigenvalue weighted by Crippen LogP contribution is -2.62. The van der Waals surface area contributed by atoms with E-state index >= 15 is 0 Å². The van der Waals surface area contributed by atoms with Crippen LogP contribution in [0.4, 0.5) is 0 Å². The minimum atomic E-state index is 0.0827. The molecule has 0 aromatic heterocycles. The van der Waals surface area contributed by atoms with Gasteiger partial charge in [0.25, 0.3) is 0 Å². The minimum absolute atomic E-state index is 0.0827. The van der Waals surface area contributed by atoms with Crippen molar-refractivity contribution >= 4 is 5.91 Å². The largest absolute Gasteiger partial charge is 0.379 e. The van der Waals surface area contributed by atoms with E-state index in [2.05, 4.69) is 17.1 Å². The zero-order chi connectivity index (χ0) is 15.9. The number of nitrogens with zero attached hydrogens (tertiary/aromatic N) is 1. The van der Waals surface area contributed by atoms with Gasteiger partial charge in [0.2, 0.25) is 5.91 Å². The van der Waals surface area contributed by atoms with Crippen molar-refractivity contribution in [1.82, 2.24) is 10.2 Å². The molecule has 130 valence electrons. The molecule has 5 heteroatoms. The van der Waals surface area contributed by atoms with Crippen LogP contribution in [-0.2, 0) is 14.3 Å². The zero-order valence-electron chi connectivity index (χ0n) is 14.3. The number of carbonyl (C=O) groups excluding carboxylic acids is 1. The van der Waals surface area contributed by atoms with Crippen LogP contribution in [0.2, 0.25) is 0 Å². The van der Waals surface area contributed by atoms with E-state index in [1.165, 1.54) is 25.7 Å². The fourth-order valence-corrected chi connectivity index (χ4v) is 5.39. The Morgan fingerprint density at radius 1 is 1.22 bits per heavy atom. The molecule has 4 fully saturated rings. The van der Waals surface area contributed by atoms with Gasteiger partial charge >= 0.3 is 0 Å². The first-order chi connectivity index (χ1) is 11.2. The topological polar surface area (TPSA) is 50.8 Å². The maximum absolute atomic E-state index is 12.8. The minimum Gasteiger partial charge on any atom is -0.379 e.